The van der Waals surface area contributed by atoms with E-state index in [0.29, 0.717) is 19.0 Å². The molecule has 0 atom stereocenters. The molecule has 0 saturated heterocycles. The molecule has 0 aliphatic carbocycles. The molecule has 0 aliphatic heterocycles. The zero-order valence-corrected chi connectivity index (χ0v) is 14.2. The zero-order valence-electron chi connectivity index (χ0n) is 14.2. The summed E-state index contributed by atoms with van der Waals surface area (Å²) in [5, 5.41) is 13.6. The van der Waals surface area contributed by atoms with Crippen molar-refractivity contribution in [3.63, 3.8) is 0 Å². The van der Waals surface area contributed by atoms with Gasteiger partial charge in [0.1, 0.15) is 12.4 Å². The third kappa shape index (κ3) is 5.36. The number of nitrogens with one attached hydrogen (secondary N) is 1. The van der Waals surface area contributed by atoms with Crippen LogP contribution in [0, 0.1) is 0 Å². The predicted molar refractivity (Wildman–Crippen MR) is 100 cm³/mol. The first-order valence-electron chi connectivity index (χ1n) is 8.26. The number of hydroxylamine groups is 1. The molecule has 3 aromatic rings. The Hall–Kier alpha value is -3.31. The van der Waals surface area contributed by atoms with E-state index in [1.807, 2.05) is 60.7 Å². The van der Waals surface area contributed by atoms with Gasteiger partial charge in [0.2, 0.25) is 0 Å². The van der Waals surface area contributed by atoms with Crippen LogP contribution in [0.15, 0.2) is 90.1 Å². The van der Waals surface area contributed by atoms with Gasteiger partial charge in [0.05, 0.1) is 6.61 Å². The first kappa shape index (κ1) is 17.5. The molecule has 0 saturated carbocycles. The Bertz CT molecular complexity index is 819. The van der Waals surface area contributed by atoms with Crippen LogP contribution in [0.25, 0.3) is 0 Å². The highest BCUT2D eigenvalue weighted by atomic mass is 16.7. The topological polar surface area (TPSA) is 63.1 Å². The molecular formula is C21H20N2O3. The molecule has 0 radical (unpaired) electrons. The van der Waals surface area contributed by atoms with Crippen LogP contribution in [0.2, 0.25) is 0 Å². The smallest absolute Gasteiger partial charge is 0.196 e. The van der Waals surface area contributed by atoms with E-state index in [-0.39, 0.29) is 5.75 Å². The highest BCUT2D eigenvalue weighted by Gasteiger charge is 2.05. The fourth-order valence-electron chi connectivity index (χ4n) is 2.26. The maximum absolute atomic E-state index is 9.47. The van der Waals surface area contributed by atoms with Crippen LogP contribution < -0.4 is 5.48 Å². The summed E-state index contributed by atoms with van der Waals surface area (Å²) in [6.45, 7) is 0.736. The van der Waals surface area contributed by atoms with Gasteiger partial charge in [-0.15, -0.1) is 0 Å². The number of amidine groups is 1. The second kappa shape index (κ2) is 9.25. The summed E-state index contributed by atoms with van der Waals surface area (Å²) in [4.78, 5) is 11.0. The average molecular weight is 348 g/mol. The molecule has 132 valence electrons. The van der Waals surface area contributed by atoms with Gasteiger partial charge >= 0.3 is 0 Å². The van der Waals surface area contributed by atoms with Crippen LogP contribution in [0.5, 0.6) is 5.75 Å². The molecule has 2 N–H and O–H groups in total. The van der Waals surface area contributed by atoms with Crippen molar-refractivity contribution in [2.24, 2.45) is 5.16 Å². The monoisotopic (exact) mass is 348 g/mol. The zero-order chi connectivity index (χ0) is 18.0. The van der Waals surface area contributed by atoms with Gasteiger partial charge in [-0.25, -0.2) is 5.48 Å². The van der Waals surface area contributed by atoms with E-state index in [0.717, 1.165) is 16.7 Å². The lowest BCUT2D eigenvalue weighted by atomic mass is 10.2. The first-order chi connectivity index (χ1) is 12.8. The summed E-state index contributed by atoms with van der Waals surface area (Å²) in [6.07, 6.45) is 0. The Balaban J connectivity index is 1.64. The lowest BCUT2D eigenvalue weighted by Gasteiger charge is -2.10. The quantitative estimate of drug-likeness (QED) is 0.385. The van der Waals surface area contributed by atoms with Crippen LogP contribution in [0.4, 0.5) is 0 Å². The number of phenols is 1. The third-order valence-corrected chi connectivity index (χ3v) is 3.62. The number of oxime groups is 1. The molecule has 0 aliphatic rings. The summed E-state index contributed by atoms with van der Waals surface area (Å²) in [7, 11) is 0. The maximum atomic E-state index is 9.47. The second-order valence-electron chi connectivity index (χ2n) is 5.62. The van der Waals surface area contributed by atoms with Crippen molar-refractivity contribution in [2.45, 2.75) is 13.2 Å². The minimum absolute atomic E-state index is 0.184. The summed E-state index contributed by atoms with van der Waals surface area (Å²) >= 11 is 0. The van der Waals surface area contributed by atoms with Gasteiger partial charge in [0.15, 0.2) is 5.84 Å². The highest BCUT2D eigenvalue weighted by Crippen LogP contribution is 2.11. The predicted octanol–water partition coefficient (Wildman–Crippen LogP) is 3.99. The van der Waals surface area contributed by atoms with Gasteiger partial charge in [-0.1, -0.05) is 65.8 Å². The van der Waals surface area contributed by atoms with Gasteiger partial charge in [0.25, 0.3) is 0 Å². The molecule has 0 unspecified atom stereocenters. The minimum Gasteiger partial charge on any atom is -0.508 e. The van der Waals surface area contributed by atoms with Gasteiger partial charge in [0, 0.05) is 5.56 Å². The van der Waals surface area contributed by atoms with Crippen LogP contribution in [-0.4, -0.2) is 10.9 Å². The van der Waals surface area contributed by atoms with Crippen LogP contribution in [0.3, 0.4) is 0 Å². The lowest BCUT2D eigenvalue weighted by molar-refractivity contribution is 0.0635. The molecule has 0 aromatic heterocycles. The Morgan fingerprint density at radius 1 is 0.769 bits per heavy atom. The van der Waals surface area contributed by atoms with E-state index in [9.17, 15) is 5.11 Å². The molecule has 3 aromatic carbocycles. The van der Waals surface area contributed by atoms with E-state index in [1.54, 1.807) is 24.3 Å². The maximum Gasteiger partial charge on any atom is 0.196 e. The molecule has 3 rings (SSSR count). The molecule has 0 amide bonds. The summed E-state index contributed by atoms with van der Waals surface area (Å²) < 4.78 is 0. The lowest BCUT2D eigenvalue weighted by Crippen LogP contribution is -2.25. The fourth-order valence-corrected chi connectivity index (χ4v) is 2.26. The normalized spacial score (nSPS) is 11.2. The minimum atomic E-state index is 0.184. The third-order valence-electron chi connectivity index (χ3n) is 3.62. The largest absolute Gasteiger partial charge is 0.508 e. The SMILES string of the molecule is Oc1ccc(/C(=N\OCc2ccccc2)NOCc2ccccc2)cc1. The van der Waals surface area contributed by atoms with Crippen molar-refractivity contribution in [3.05, 3.63) is 102 Å². The van der Waals surface area contributed by atoms with Crippen molar-refractivity contribution in [1.29, 1.82) is 0 Å². The van der Waals surface area contributed by atoms with Crippen molar-refractivity contribution >= 4 is 5.84 Å². The number of aromatic hydroxyl groups is 1. The average Bonchev–Trinajstić information content (AvgIpc) is 2.69. The van der Waals surface area contributed by atoms with Crippen molar-refractivity contribution < 1.29 is 14.8 Å². The fraction of sp³-hybridized carbons (Fsp3) is 0.0952. The molecule has 0 heterocycles. The van der Waals surface area contributed by atoms with Crippen LogP contribution >= 0.6 is 0 Å². The van der Waals surface area contributed by atoms with E-state index in [4.69, 9.17) is 9.68 Å². The molecule has 5 heteroatoms. The summed E-state index contributed by atoms with van der Waals surface area (Å²) in [5.74, 6) is 0.611. The molecule has 0 bridgehead atoms. The van der Waals surface area contributed by atoms with E-state index in [2.05, 4.69) is 10.6 Å². The van der Waals surface area contributed by atoms with Crippen molar-refractivity contribution in [1.82, 2.24) is 5.48 Å². The number of nitrogens with zero attached hydrogens (tertiary/aromatic N) is 1. The number of benzene rings is 3. The molecule has 0 fully saturated rings. The van der Waals surface area contributed by atoms with Gasteiger partial charge in [-0.2, -0.15) is 0 Å². The van der Waals surface area contributed by atoms with E-state index in [1.165, 1.54) is 0 Å². The van der Waals surface area contributed by atoms with Gasteiger partial charge in [-0.3, -0.25) is 4.84 Å². The first-order valence-corrected chi connectivity index (χ1v) is 8.26. The van der Waals surface area contributed by atoms with Crippen LogP contribution in [0.1, 0.15) is 16.7 Å². The molecule has 5 nitrogen and oxygen atoms in total. The van der Waals surface area contributed by atoms with Gasteiger partial charge < -0.3 is 9.94 Å². The number of phenolic OH excluding ortho intramolecular Hbond substituents is 1. The number of hydrogen-bond acceptors (Lipinski definition) is 4. The number of hydrogen-bond donors (Lipinski definition) is 2. The highest BCUT2D eigenvalue weighted by molar-refractivity contribution is 5.97. The Kier molecular flexibility index (Phi) is 6.23. The van der Waals surface area contributed by atoms with E-state index < -0.39 is 0 Å². The molecule has 0 spiro atoms. The van der Waals surface area contributed by atoms with Crippen molar-refractivity contribution in [2.75, 3.05) is 0 Å². The standard InChI is InChI=1S/C21H20N2O3/c24-20-13-11-19(12-14-20)21(22-25-15-17-7-3-1-4-8-17)23-26-16-18-9-5-2-6-10-18/h1-14,24H,15-16H2,(H,22,23). The Labute approximate surface area is 152 Å². The van der Waals surface area contributed by atoms with Crippen molar-refractivity contribution in [3.8, 4) is 5.75 Å². The molecular weight excluding hydrogens is 328 g/mol. The van der Waals surface area contributed by atoms with Gasteiger partial charge in [-0.05, 0) is 35.4 Å². The second-order valence-corrected chi connectivity index (χ2v) is 5.62. The number of rotatable bonds is 7. The Morgan fingerprint density at radius 3 is 1.96 bits per heavy atom. The summed E-state index contributed by atoms with van der Waals surface area (Å²) in [6, 6.07) is 26.2. The van der Waals surface area contributed by atoms with E-state index >= 15 is 0 Å². The molecule has 26 heavy (non-hydrogen) atoms. The summed E-state index contributed by atoms with van der Waals surface area (Å²) in [5.41, 5.74) is 5.63. The van der Waals surface area contributed by atoms with Crippen LogP contribution in [-0.2, 0) is 22.9 Å². The Morgan fingerprint density at radius 2 is 1.35 bits per heavy atom.